The van der Waals surface area contributed by atoms with Crippen molar-refractivity contribution in [1.82, 2.24) is 4.98 Å². The molecule has 0 aliphatic carbocycles. The van der Waals surface area contributed by atoms with Gasteiger partial charge in [0.1, 0.15) is 15.5 Å². The van der Waals surface area contributed by atoms with E-state index in [-0.39, 0.29) is 0 Å². The van der Waals surface area contributed by atoms with Crippen molar-refractivity contribution in [3.63, 3.8) is 0 Å². The Morgan fingerprint density at radius 3 is 2.59 bits per heavy atom. The third kappa shape index (κ3) is 3.80. The number of aromatic nitrogens is 1. The summed E-state index contributed by atoms with van der Waals surface area (Å²) in [6.45, 7) is 6.29. The number of carbonyl (C=O) groups excluding carboxylic acids is 1. The quantitative estimate of drug-likeness (QED) is 0.670. The van der Waals surface area contributed by atoms with E-state index in [9.17, 15) is 4.79 Å². The van der Waals surface area contributed by atoms with Crippen LogP contribution < -0.4 is 26.0 Å². The standard InChI is InChI=1S/C21H25N5O2S/c1-2-28-15-6-4-14(5-7-15)25-10-3-11-26(13-12-25)16-8-9-24-21-17(16)18(22)19(29-21)20(23)27/h4-9H,2-3,10-13,22H2,1H3,(H2,23,27). The fourth-order valence-corrected chi connectivity index (χ4v) is 4.75. The molecule has 3 aromatic rings. The third-order valence-electron chi connectivity index (χ3n) is 5.18. The van der Waals surface area contributed by atoms with Gasteiger partial charge in [-0.3, -0.25) is 4.79 Å². The molecule has 1 fully saturated rings. The van der Waals surface area contributed by atoms with Gasteiger partial charge in [0.05, 0.1) is 23.4 Å². The van der Waals surface area contributed by atoms with Crippen LogP contribution in [0.4, 0.5) is 17.1 Å². The minimum absolute atomic E-state index is 0.380. The molecule has 3 heterocycles. The second kappa shape index (κ2) is 8.16. The molecule has 0 unspecified atom stereocenters. The van der Waals surface area contributed by atoms with Crippen LogP contribution in [0, 0.1) is 0 Å². The fraction of sp³-hybridized carbons (Fsp3) is 0.333. The van der Waals surface area contributed by atoms with Gasteiger partial charge >= 0.3 is 0 Å². The van der Waals surface area contributed by atoms with Crippen molar-refractivity contribution in [2.75, 3.05) is 48.3 Å². The van der Waals surface area contributed by atoms with Gasteiger partial charge in [-0.1, -0.05) is 0 Å². The summed E-state index contributed by atoms with van der Waals surface area (Å²) in [5, 5.41) is 0.834. The number of amides is 1. The number of nitrogens with zero attached hydrogens (tertiary/aromatic N) is 3. The van der Waals surface area contributed by atoms with Crippen molar-refractivity contribution in [1.29, 1.82) is 0 Å². The summed E-state index contributed by atoms with van der Waals surface area (Å²) < 4.78 is 5.54. The Kier molecular flexibility index (Phi) is 5.44. The molecule has 4 N–H and O–H groups in total. The number of benzene rings is 1. The molecule has 1 saturated heterocycles. The first-order valence-electron chi connectivity index (χ1n) is 9.78. The molecule has 1 amide bonds. The molecular weight excluding hydrogens is 386 g/mol. The predicted octanol–water partition coefficient (Wildman–Crippen LogP) is 3.09. The van der Waals surface area contributed by atoms with Gasteiger partial charge < -0.3 is 26.0 Å². The monoisotopic (exact) mass is 411 g/mol. The van der Waals surface area contributed by atoms with Crippen LogP contribution >= 0.6 is 11.3 Å². The Morgan fingerprint density at radius 1 is 1.14 bits per heavy atom. The molecule has 0 radical (unpaired) electrons. The summed E-state index contributed by atoms with van der Waals surface area (Å²) in [5.41, 5.74) is 14.4. The molecule has 7 nitrogen and oxygen atoms in total. The fourth-order valence-electron chi connectivity index (χ4n) is 3.81. The summed E-state index contributed by atoms with van der Waals surface area (Å²) in [5.74, 6) is 0.388. The molecule has 152 valence electrons. The number of pyridine rings is 1. The van der Waals surface area contributed by atoms with E-state index < -0.39 is 5.91 Å². The van der Waals surface area contributed by atoms with Crippen molar-refractivity contribution in [2.45, 2.75) is 13.3 Å². The summed E-state index contributed by atoms with van der Waals surface area (Å²) in [6, 6.07) is 10.2. The van der Waals surface area contributed by atoms with E-state index in [0.29, 0.717) is 17.2 Å². The number of rotatable bonds is 5. The lowest BCUT2D eigenvalue weighted by atomic mass is 10.2. The van der Waals surface area contributed by atoms with Gasteiger partial charge in [0.25, 0.3) is 5.91 Å². The van der Waals surface area contributed by atoms with Gasteiger partial charge in [-0.25, -0.2) is 4.98 Å². The molecule has 0 saturated carbocycles. The van der Waals surface area contributed by atoms with Gasteiger partial charge in [0.2, 0.25) is 0 Å². The number of fused-ring (bicyclic) bond motifs is 1. The minimum atomic E-state index is -0.506. The van der Waals surface area contributed by atoms with Gasteiger partial charge in [-0.2, -0.15) is 0 Å². The molecule has 0 atom stereocenters. The third-order valence-corrected chi connectivity index (χ3v) is 6.31. The maximum atomic E-state index is 11.7. The van der Waals surface area contributed by atoms with E-state index in [4.69, 9.17) is 16.2 Å². The molecule has 0 spiro atoms. The highest BCUT2D eigenvalue weighted by atomic mass is 32.1. The van der Waals surface area contributed by atoms with E-state index in [1.807, 2.05) is 25.1 Å². The van der Waals surface area contributed by atoms with E-state index in [2.05, 4.69) is 26.9 Å². The number of ether oxygens (including phenoxy) is 1. The molecule has 2 aromatic heterocycles. The van der Waals surface area contributed by atoms with Crippen LogP contribution in [-0.4, -0.2) is 43.7 Å². The smallest absolute Gasteiger partial charge is 0.260 e. The first-order valence-corrected chi connectivity index (χ1v) is 10.6. The molecule has 1 aliphatic rings. The number of primary amides is 1. The number of carbonyl (C=O) groups is 1. The Labute approximate surface area is 173 Å². The van der Waals surface area contributed by atoms with Gasteiger partial charge in [0, 0.05) is 38.1 Å². The van der Waals surface area contributed by atoms with Crippen molar-refractivity contribution < 1.29 is 9.53 Å². The predicted molar refractivity (Wildman–Crippen MR) is 119 cm³/mol. The zero-order valence-corrected chi connectivity index (χ0v) is 17.2. The van der Waals surface area contributed by atoms with Gasteiger partial charge in [-0.15, -0.1) is 11.3 Å². The molecule has 0 bridgehead atoms. The maximum Gasteiger partial charge on any atom is 0.260 e. The lowest BCUT2D eigenvalue weighted by molar-refractivity contribution is 0.100. The molecular formula is C21H25N5O2S. The molecule has 1 aromatic carbocycles. The maximum absolute atomic E-state index is 11.7. The summed E-state index contributed by atoms with van der Waals surface area (Å²) >= 11 is 1.26. The van der Waals surface area contributed by atoms with E-state index in [1.54, 1.807) is 6.20 Å². The highest BCUT2D eigenvalue weighted by Gasteiger charge is 2.22. The van der Waals surface area contributed by atoms with Crippen molar-refractivity contribution >= 4 is 44.5 Å². The second-order valence-electron chi connectivity index (χ2n) is 6.97. The molecule has 29 heavy (non-hydrogen) atoms. The highest BCUT2D eigenvalue weighted by Crippen LogP contribution is 2.38. The Morgan fingerprint density at radius 2 is 1.86 bits per heavy atom. The SMILES string of the molecule is CCOc1ccc(N2CCCN(c3ccnc4sc(C(N)=O)c(N)c34)CC2)cc1. The number of hydrogen-bond donors (Lipinski definition) is 2. The number of nitrogen functional groups attached to an aromatic ring is 1. The molecule has 4 rings (SSSR count). The van der Waals surface area contributed by atoms with Gasteiger partial charge in [-0.05, 0) is 43.7 Å². The second-order valence-corrected chi connectivity index (χ2v) is 7.97. The minimum Gasteiger partial charge on any atom is -0.494 e. The number of thiophene rings is 1. The number of hydrogen-bond acceptors (Lipinski definition) is 7. The van der Waals surface area contributed by atoms with Crippen LogP contribution in [0.5, 0.6) is 5.75 Å². The topological polar surface area (TPSA) is 97.7 Å². The van der Waals surface area contributed by atoms with Crippen LogP contribution in [0.25, 0.3) is 10.2 Å². The zero-order valence-electron chi connectivity index (χ0n) is 16.4. The van der Waals surface area contributed by atoms with Crippen LogP contribution in [0.1, 0.15) is 23.0 Å². The lowest BCUT2D eigenvalue weighted by Gasteiger charge is -2.25. The van der Waals surface area contributed by atoms with Crippen LogP contribution in [0.3, 0.4) is 0 Å². The van der Waals surface area contributed by atoms with E-state index in [1.165, 1.54) is 17.0 Å². The van der Waals surface area contributed by atoms with Crippen molar-refractivity contribution in [2.24, 2.45) is 5.73 Å². The van der Waals surface area contributed by atoms with Crippen molar-refractivity contribution in [3.05, 3.63) is 41.4 Å². The average molecular weight is 412 g/mol. The van der Waals surface area contributed by atoms with Gasteiger partial charge in [0.15, 0.2) is 0 Å². The summed E-state index contributed by atoms with van der Waals surface area (Å²) in [4.78, 5) is 21.9. The Balaban J connectivity index is 1.56. The molecule has 1 aliphatic heterocycles. The van der Waals surface area contributed by atoms with Crippen LogP contribution in [0.15, 0.2) is 36.5 Å². The van der Waals surface area contributed by atoms with Crippen molar-refractivity contribution in [3.8, 4) is 5.75 Å². The number of anilines is 3. The first kappa shape index (κ1) is 19.3. The Hall–Kier alpha value is -3.00. The van der Waals surface area contributed by atoms with Crippen LogP contribution in [-0.2, 0) is 0 Å². The largest absolute Gasteiger partial charge is 0.494 e. The zero-order chi connectivity index (χ0) is 20.4. The van der Waals surface area contributed by atoms with Crippen LogP contribution in [0.2, 0.25) is 0 Å². The summed E-state index contributed by atoms with van der Waals surface area (Å²) in [7, 11) is 0. The lowest BCUT2D eigenvalue weighted by Crippen LogP contribution is -2.30. The first-order chi connectivity index (χ1) is 14.1. The normalized spacial score (nSPS) is 14.8. The number of nitrogens with two attached hydrogens (primary N) is 2. The molecule has 8 heteroatoms. The summed E-state index contributed by atoms with van der Waals surface area (Å²) in [6.07, 6.45) is 2.79. The van der Waals surface area contributed by atoms with E-state index >= 15 is 0 Å². The highest BCUT2D eigenvalue weighted by molar-refractivity contribution is 7.21. The average Bonchev–Trinajstić information content (AvgIpc) is 2.90. The van der Waals surface area contributed by atoms with E-state index in [0.717, 1.165) is 54.3 Å². The Bertz CT molecular complexity index is 1020.